The van der Waals surface area contributed by atoms with E-state index in [-0.39, 0.29) is 11.9 Å². The second-order valence-electron chi connectivity index (χ2n) is 4.61. The van der Waals surface area contributed by atoms with Crippen molar-refractivity contribution in [2.75, 3.05) is 7.11 Å². The Balaban J connectivity index is 2.80. The molecule has 0 fully saturated rings. The number of rotatable bonds is 7. The maximum absolute atomic E-state index is 11.9. The fourth-order valence-corrected chi connectivity index (χ4v) is 1.56. The van der Waals surface area contributed by atoms with E-state index in [0.717, 1.165) is 12.7 Å². The van der Waals surface area contributed by atoms with Gasteiger partial charge in [0.2, 0.25) is 0 Å². The third-order valence-electron chi connectivity index (χ3n) is 3.00. The van der Waals surface area contributed by atoms with Crippen molar-refractivity contribution >= 4 is 12.2 Å². The summed E-state index contributed by atoms with van der Waals surface area (Å²) in [7, 11) is 1.51. The van der Waals surface area contributed by atoms with Crippen molar-refractivity contribution in [3.8, 4) is 11.5 Å². The number of aldehydes is 1. The lowest BCUT2D eigenvalue weighted by molar-refractivity contribution is -0.127. The van der Waals surface area contributed by atoms with E-state index >= 15 is 0 Å². The van der Waals surface area contributed by atoms with Gasteiger partial charge in [-0.25, -0.2) is 0 Å². The molecule has 0 saturated carbocycles. The lowest BCUT2D eigenvalue weighted by atomic mass is 10.2. The first-order chi connectivity index (χ1) is 9.51. The Morgan fingerprint density at radius 1 is 1.35 bits per heavy atom. The summed E-state index contributed by atoms with van der Waals surface area (Å²) < 4.78 is 10.7. The normalized spacial score (nSPS) is 13.2. The molecule has 0 bridgehead atoms. The van der Waals surface area contributed by atoms with Gasteiger partial charge in [-0.15, -0.1) is 0 Å². The molecule has 0 aliphatic heterocycles. The van der Waals surface area contributed by atoms with Gasteiger partial charge in [0.1, 0.15) is 6.29 Å². The van der Waals surface area contributed by atoms with Gasteiger partial charge in [-0.2, -0.15) is 0 Å². The molecule has 1 amide bonds. The van der Waals surface area contributed by atoms with Crippen LogP contribution >= 0.6 is 0 Å². The fraction of sp³-hybridized carbons (Fsp3) is 0.467. The summed E-state index contributed by atoms with van der Waals surface area (Å²) in [4.78, 5) is 22.7. The van der Waals surface area contributed by atoms with E-state index in [1.54, 1.807) is 25.1 Å². The zero-order chi connectivity index (χ0) is 15.1. The van der Waals surface area contributed by atoms with Crippen LogP contribution in [0.2, 0.25) is 0 Å². The van der Waals surface area contributed by atoms with Gasteiger partial charge < -0.3 is 14.8 Å². The highest BCUT2D eigenvalue weighted by molar-refractivity contribution is 5.81. The van der Waals surface area contributed by atoms with Crippen LogP contribution in [0.15, 0.2) is 18.2 Å². The van der Waals surface area contributed by atoms with Gasteiger partial charge in [-0.05, 0) is 38.5 Å². The first-order valence-electron chi connectivity index (χ1n) is 6.62. The summed E-state index contributed by atoms with van der Waals surface area (Å²) >= 11 is 0. The molecule has 1 rings (SSSR count). The van der Waals surface area contributed by atoms with Crippen LogP contribution in [0, 0.1) is 0 Å². The lowest BCUT2D eigenvalue weighted by Gasteiger charge is -2.19. The molecule has 0 aliphatic rings. The van der Waals surface area contributed by atoms with Gasteiger partial charge in [-0.3, -0.25) is 9.59 Å². The molecule has 1 aromatic rings. The number of amides is 1. The number of ether oxygens (including phenoxy) is 2. The Hall–Kier alpha value is -2.04. The van der Waals surface area contributed by atoms with Gasteiger partial charge in [0.05, 0.1) is 7.11 Å². The number of hydrogen-bond donors (Lipinski definition) is 1. The number of hydrogen-bond acceptors (Lipinski definition) is 4. The number of methoxy groups -OCH3 is 1. The van der Waals surface area contributed by atoms with Gasteiger partial charge in [0, 0.05) is 11.6 Å². The van der Waals surface area contributed by atoms with Crippen LogP contribution in [0.3, 0.4) is 0 Å². The van der Waals surface area contributed by atoms with E-state index in [1.165, 1.54) is 7.11 Å². The van der Waals surface area contributed by atoms with Crippen molar-refractivity contribution in [2.24, 2.45) is 0 Å². The van der Waals surface area contributed by atoms with Crippen molar-refractivity contribution in [2.45, 2.75) is 39.3 Å². The fourth-order valence-electron chi connectivity index (χ4n) is 1.56. The Morgan fingerprint density at radius 3 is 2.60 bits per heavy atom. The van der Waals surface area contributed by atoms with Crippen LogP contribution in [0.4, 0.5) is 0 Å². The minimum Gasteiger partial charge on any atom is -0.493 e. The maximum atomic E-state index is 11.9. The van der Waals surface area contributed by atoms with Crippen LogP contribution < -0.4 is 14.8 Å². The van der Waals surface area contributed by atoms with E-state index in [2.05, 4.69) is 5.32 Å². The van der Waals surface area contributed by atoms with Crippen LogP contribution in [0.1, 0.15) is 37.6 Å². The van der Waals surface area contributed by atoms with Crippen LogP contribution in [0.5, 0.6) is 11.5 Å². The monoisotopic (exact) mass is 279 g/mol. The molecule has 0 radical (unpaired) electrons. The van der Waals surface area contributed by atoms with E-state index in [1.807, 2.05) is 13.8 Å². The van der Waals surface area contributed by atoms with E-state index < -0.39 is 6.10 Å². The Bertz CT molecular complexity index is 473. The minimum atomic E-state index is -0.667. The minimum absolute atomic E-state index is 0.0942. The molecule has 20 heavy (non-hydrogen) atoms. The van der Waals surface area contributed by atoms with Crippen molar-refractivity contribution < 1.29 is 19.1 Å². The smallest absolute Gasteiger partial charge is 0.260 e. The summed E-state index contributed by atoms with van der Waals surface area (Å²) in [6.45, 7) is 5.58. The molecule has 0 saturated heterocycles. The van der Waals surface area contributed by atoms with E-state index in [0.29, 0.717) is 17.1 Å². The first kappa shape index (κ1) is 16.0. The molecular formula is C15H21NO4. The SMILES string of the molecule is CCC(C)NC(=O)C(C)Oc1cc(C=O)ccc1OC. The number of benzene rings is 1. The summed E-state index contributed by atoms with van der Waals surface area (Å²) in [5, 5.41) is 2.84. The van der Waals surface area contributed by atoms with Gasteiger partial charge in [-0.1, -0.05) is 6.92 Å². The van der Waals surface area contributed by atoms with Crippen LogP contribution in [-0.4, -0.2) is 31.4 Å². The van der Waals surface area contributed by atoms with Gasteiger partial charge in [0.25, 0.3) is 5.91 Å². The quantitative estimate of drug-likeness (QED) is 0.777. The summed E-state index contributed by atoms with van der Waals surface area (Å²) in [5.41, 5.74) is 0.468. The summed E-state index contributed by atoms with van der Waals surface area (Å²) in [6.07, 6.45) is 0.901. The number of nitrogens with one attached hydrogen (secondary N) is 1. The molecule has 1 N–H and O–H groups in total. The first-order valence-corrected chi connectivity index (χ1v) is 6.62. The molecule has 2 atom stereocenters. The van der Waals surface area contributed by atoms with Gasteiger partial charge >= 0.3 is 0 Å². The molecule has 110 valence electrons. The Morgan fingerprint density at radius 2 is 2.05 bits per heavy atom. The van der Waals surface area contributed by atoms with Crippen molar-refractivity contribution in [1.82, 2.24) is 5.32 Å². The van der Waals surface area contributed by atoms with Crippen LogP contribution in [-0.2, 0) is 4.79 Å². The molecule has 0 heterocycles. The average molecular weight is 279 g/mol. The lowest BCUT2D eigenvalue weighted by Crippen LogP contribution is -2.41. The topological polar surface area (TPSA) is 64.6 Å². The second-order valence-corrected chi connectivity index (χ2v) is 4.61. The predicted octanol–water partition coefficient (Wildman–Crippen LogP) is 2.19. The van der Waals surface area contributed by atoms with Crippen molar-refractivity contribution in [3.05, 3.63) is 23.8 Å². The highest BCUT2D eigenvalue weighted by Crippen LogP contribution is 2.28. The zero-order valence-electron chi connectivity index (χ0n) is 12.3. The highest BCUT2D eigenvalue weighted by Gasteiger charge is 2.18. The molecule has 1 aromatic carbocycles. The van der Waals surface area contributed by atoms with E-state index in [9.17, 15) is 9.59 Å². The third-order valence-corrected chi connectivity index (χ3v) is 3.00. The third kappa shape index (κ3) is 4.26. The summed E-state index contributed by atoms with van der Waals surface area (Å²) in [5.74, 6) is 0.667. The predicted molar refractivity (Wildman–Crippen MR) is 76.4 cm³/mol. The standard InChI is InChI=1S/C15H21NO4/c1-5-10(2)16-15(18)11(3)20-14-8-12(9-17)6-7-13(14)19-4/h6-11H,5H2,1-4H3,(H,16,18). The Kier molecular flexibility index (Phi) is 6.03. The molecule has 5 nitrogen and oxygen atoms in total. The van der Waals surface area contributed by atoms with Crippen molar-refractivity contribution in [3.63, 3.8) is 0 Å². The van der Waals surface area contributed by atoms with Crippen molar-refractivity contribution in [1.29, 1.82) is 0 Å². The second kappa shape index (κ2) is 7.53. The number of carbonyl (C=O) groups is 2. The molecule has 0 aliphatic carbocycles. The molecule has 2 unspecified atom stereocenters. The highest BCUT2D eigenvalue weighted by atomic mass is 16.5. The van der Waals surface area contributed by atoms with E-state index in [4.69, 9.17) is 9.47 Å². The average Bonchev–Trinajstić information content (AvgIpc) is 2.46. The largest absolute Gasteiger partial charge is 0.493 e. The molecule has 0 spiro atoms. The number of carbonyl (C=O) groups excluding carboxylic acids is 2. The maximum Gasteiger partial charge on any atom is 0.260 e. The zero-order valence-corrected chi connectivity index (χ0v) is 12.3. The Labute approximate surface area is 119 Å². The molecule has 0 aromatic heterocycles. The molecule has 5 heteroatoms. The van der Waals surface area contributed by atoms with Crippen LogP contribution in [0.25, 0.3) is 0 Å². The molecular weight excluding hydrogens is 258 g/mol. The van der Waals surface area contributed by atoms with Gasteiger partial charge in [0.15, 0.2) is 17.6 Å². The summed E-state index contributed by atoms with van der Waals surface area (Å²) in [6, 6.07) is 4.91.